The van der Waals surface area contributed by atoms with E-state index in [1.165, 1.54) is 12.1 Å². The van der Waals surface area contributed by atoms with Crippen LogP contribution in [0.25, 0.3) is 0 Å². The van der Waals surface area contributed by atoms with Crippen LogP contribution in [-0.4, -0.2) is 23.5 Å². The van der Waals surface area contributed by atoms with E-state index < -0.39 is 0 Å². The summed E-state index contributed by atoms with van der Waals surface area (Å²) in [5, 5.41) is 2.79. The van der Waals surface area contributed by atoms with E-state index in [-0.39, 0.29) is 18.3 Å². The SMILES string of the molecule is O=C(COCc1ccc(F)cc1)NCCCCI. The molecule has 0 unspecified atom stereocenters. The molecule has 0 atom stereocenters. The van der Waals surface area contributed by atoms with Crippen molar-refractivity contribution in [2.45, 2.75) is 19.4 Å². The van der Waals surface area contributed by atoms with E-state index in [0.29, 0.717) is 13.2 Å². The lowest BCUT2D eigenvalue weighted by atomic mass is 10.2. The fourth-order valence-corrected chi connectivity index (χ4v) is 1.88. The van der Waals surface area contributed by atoms with Crippen LogP contribution in [0.15, 0.2) is 24.3 Å². The van der Waals surface area contributed by atoms with Crippen molar-refractivity contribution in [1.82, 2.24) is 5.32 Å². The molecule has 0 spiro atoms. The van der Waals surface area contributed by atoms with Crippen LogP contribution in [0.3, 0.4) is 0 Å². The number of carbonyl (C=O) groups excluding carboxylic acids is 1. The van der Waals surface area contributed by atoms with Crippen LogP contribution in [0.4, 0.5) is 4.39 Å². The molecule has 3 nitrogen and oxygen atoms in total. The Kier molecular flexibility index (Phi) is 7.91. The normalized spacial score (nSPS) is 10.3. The van der Waals surface area contributed by atoms with Gasteiger partial charge in [-0.3, -0.25) is 4.79 Å². The molecule has 0 aliphatic heterocycles. The fourth-order valence-electron chi connectivity index (χ4n) is 1.34. The van der Waals surface area contributed by atoms with Crippen LogP contribution in [0.5, 0.6) is 0 Å². The van der Waals surface area contributed by atoms with Crippen LogP contribution < -0.4 is 5.32 Å². The predicted molar refractivity (Wildman–Crippen MR) is 77.2 cm³/mol. The monoisotopic (exact) mass is 365 g/mol. The number of carbonyl (C=O) groups is 1. The van der Waals surface area contributed by atoms with Crippen molar-refractivity contribution in [3.05, 3.63) is 35.6 Å². The zero-order valence-electron chi connectivity index (χ0n) is 10.1. The molecule has 1 amide bonds. The number of unbranched alkanes of at least 4 members (excludes halogenated alkanes) is 1. The molecule has 0 saturated heterocycles. The Bertz CT molecular complexity index is 357. The largest absolute Gasteiger partial charge is 0.367 e. The van der Waals surface area contributed by atoms with Gasteiger partial charge in [0.05, 0.1) is 6.61 Å². The first-order chi connectivity index (χ1) is 8.72. The maximum absolute atomic E-state index is 12.6. The van der Waals surface area contributed by atoms with Gasteiger partial charge in [0.15, 0.2) is 0 Å². The topological polar surface area (TPSA) is 38.3 Å². The summed E-state index contributed by atoms with van der Waals surface area (Å²) < 4.78 is 19.0. The second-order valence-electron chi connectivity index (χ2n) is 3.87. The van der Waals surface area contributed by atoms with Crippen LogP contribution in [0, 0.1) is 5.82 Å². The number of benzene rings is 1. The Morgan fingerprint density at radius 1 is 1.28 bits per heavy atom. The predicted octanol–water partition coefficient (Wildman–Crippen LogP) is 2.67. The van der Waals surface area contributed by atoms with Crippen LogP contribution in [0.2, 0.25) is 0 Å². The summed E-state index contributed by atoms with van der Waals surface area (Å²) in [4.78, 5) is 11.4. The van der Waals surface area contributed by atoms with Gasteiger partial charge in [-0.2, -0.15) is 0 Å². The molecule has 1 aromatic rings. The van der Waals surface area contributed by atoms with Crippen molar-refractivity contribution >= 4 is 28.5 Å². The molecular weight excluding hydrogens is 348 g/mol. The van der Waals surface area contributed by atoms with Gasteiger partial charge in [-0.25, -0.2) is 4.39 Å². The Hall–Kier alpha value is -0.690. The van der Waals surface area contributed by atoms with Crippen LogP contribution in [-0.2, 0) is 16.1 Å². The first-order valence-corrected chi connectivity index (χ1v) is 7.40. The Morgan fingerprint density at radius 3 is 2.67 bits per heavy atom. The van der Waals surface area contributed by atoms with E-state index in [1.807, 2.05) is 0 Å². The molecule has 1 aromatic carbocycles. The minimum Gasteiger partial charge on any atom is -0.367 e. The first kappa shape index (κ1) is 15.4. The van der Waals surface area contributed by atoms with Crippen molar-refractivity contribution in [1.29, 1.82) is 0 Å². The Morgan fingerprint density at radius 2 is 2.00 bits per heavy atom. The highest BCUT2D eigenvalue weighted by Gasteiger charge is 2.01. The zero-order valence-corrected chi connectivity index (χ0v) is 12.3. The molecule has 0 saturated carbocycles. The van der Waals surface area contributed by atoms with Gasteiger partial charge in [0.2, 0.25) is 5.91 Å². The number of ether oxygens (including phenoxy) is 1. The first-order valence-electron chi connectivity index (χ1n) is 5.87. The quantitative estimate of drug-likeness (QED) is 0.437. The molecule has 1 rings (SSSR count). The minimum atomic E-state index is -0.272. The van der Waals surface area contributed by atoms with Gasteiger partial charge in [0.1, 0.15) is 12.4 Å². The Balaban J connectivity index is 2.10. The highest BCUT2D eigenvalue weighted by atomic mass is 127. The lowest BCUT2D eigenvalue weighted by Crippen LogP contribution is -2.28. The van der Waals surface area contributed by atoms with Gasteiger partial charge in [-0.15, -0.1) is 0 Å². The van der Waals surface area contributed by atoms with E-state index in [0.717, 1.165) is 22.8 Å². The molecular formula is C13H17FINO2. The average molecular weight is 365 g/mol. The highest BCUT2D eigenvalue weighted by molar-refractivity contribution is 14.1. The number of hydrogen-bond acceptors (Lipinski definition) is 2. The van der Waals surface area contributed by atoms with Crippen LogP contribution in [0.1, 0.15) is 18.4 Å². The van der Waals surface area contributed by atoms with E-state index in [9.17, 15) is 9.18 Å². The third-order valence-electron chi connectivity index (χ3n) is 2.30. The van der Waals surface area contributed by atoms with Crippen molar-refractivity contribution in [2.75, 3.05) is 17.6 Å². The van der Waals surface area contributed by atoms with Gasteiger partial charge < -0.3 is 10.1 Å². The van der Waals surface area contributed by atoms with Crippen LogP contribution >= 0.6 is 22.6 Å². The number of amides is 1. The standard InChI is InChI=1S/C13H17FINO2/c14-12-5-3-11(4-6-12)9-18-10-13(17)16-8-2-1-7-15/h3-6H,1-2,7-10H2,(H,16,17). The number of rotatable bonds is 8. The molecule has 100 valence electrons. The fraction of sp³-hybridized carbons (Fsp3) is 0.462. The maximum atomic E-state index is 12.6. The van der Waals surface area contributed by atoms with Gasteiger partial charge in [0, 0.05) is 6.54 Å². The average Bonchev–Trinajstić information content (AvgIpc) is 2.37. The molecule has 0 radical (unpaired) electrons. The van der Waals surface area contributed by atoms with Gasteiger partial charge >= 0.3 is 0 Å². The second-order valence-corrected chi connectivity index (χ2v) is 4.94. The molecule has 0 bridgehead atoms. The lowest BCUT2D eigenvalue weighted by Gasteiger charge is -2.06. The third-order valence-corrected chi connectivity index (χ3v) is 3.06. The number of halogens is 2. The van der Waals surface area contributed by atoms with E-state index in [2.05, 4.69) is 27.9 Å². The smallest absolute Gasteiger partial charge is 0.246 e. The molecule has 18 heavy (non-hydrogen) atoms. The molecule has 0 heterocycles. The summed E-state index contributed by atoms with van der Waals surface area (Å²) in [5.41, 5.74) is 0.856. The number of nitrogens with one attached hydrogen (secondary N) is 1. The lowest BCUT2D eigenvalue weighted by molar-refractivity contribution is -0.126. The molecule has 0 aromatic heterocycles. The zero-order chi connectivity index (χ0) is 13.2. The summed E-state index contributed by atoms with van der Waals surface area (Å²) in [6, 6.07) is 6.05. The molecule has 0 fully saturated rings. The minimum absolute atomic E-state index is 0.0433. The van der Waals surface area contributed by atoms with Gasteiger partial charge in [-0.05, 0) is 35.0 Å². The highest BCUT2D eigenvalue weighted by Crippen LogP contribution is 2.03. The van der Waals surface area contributed by atoms with Crippen molar-refractivity contribution in [3.8, 4) is 0 Å². The summed E-state index contributed by atoms with van der Waals surface area (Å²) in [7, 11) is 0. The number of alkyl halides is 1. The summed E-state index contributed by atoms with van der Waals surface area (Å²) >= 11 is 2.31. The third kappa shape index (κ3) is 6.90. The molecule has 0 aliphatic rings. The van der Waals surface area contributed by atoms with Gasteiger partial charge in [0.25, 0.3) is 0 Å². The second kappa shape index (κ2) is 9.27. The van der Waals surface area contributed by atoms with E-state index in [4.69, 9.17) is 4.74 Å². The van der Waals surface area contributed by atoms with E-state index >= 15 is 0 Å². The van der Waals surface area contributed by atoms with Crippen molar-refractivity contribution in [2.24, 2.45) is 0 Å². The van der Waals surface area contributed by atoms with Crippen molar-refractivity contribution in [3.63, 3.8) is 0 Å². The summed E-state index contributed by atoms with van der Waals surface area (Å²) in [5.74, 6) is -0.377. The van der Waals surface area contributed by atoms with Gasteiger partial charge in [-0.1, -0.05) is 34.7 Å². The molecule has 0 aliphatic carbocycles. The Labute approximate surface area is 120 Å². The van der Waals surface area contributed by atoms with Crippen molar-refractivity contribution < 1.29 is 13.9 Å². The summed E-state index contributed by atoms with van der Waals surface area (Å²) in [6.07, 6.45) is 2.10. The van der Waals surface area contributed by atoms with E-state index in [1.54, 1.807) is 12.1 Å². The number of hydrogen-bond donors (Lipinski definition) is 1. The molecule has 5 heteroatoms. The molecule has 1 N–H and O–H groups in total. The summed E-state index contributed by atoms with van der Waals surface area (Å²) in [6.45, 7) is 1.06. The maximum Gasteiger partial charge on any atom is 0.246 e.